The molecule has 0 aliphatic carbocycles. The number of hydrogen-bond donors (Lipinski definition) is 1. The molecule has 20 heavy (non-hydrogen) atoms. The number of nitrogens with zero attached hydrogens (tertiary/aromatic N) is 3. The Bertz CT molecular complexity index is 584. The van der Waals surface area contributed by atoms with Crippen molar-refractivity contribution in [1.82, 2.24) is 5.32 Å². The minimum atomic E-state index is -0.476. The van der Waals surface area contributed by atoms with Crippen molar-refractivity contribution in [3.05, 3.63) is 29.8 Å². The summed E-state index contributed by atoms with van der Waals surface area (Å²) in [6.45, 7) is 2.68. The van der Waals surface area contributed by atoms with Crippen LogP contribution >= 0.6 is 0 Å². The van der Waals surface area contributed by atoms with Gasteiger partial charge in [-0.2, -0.15) is 10.5 Å². The van der Waals surface area contributed by atoms with E-state index in [2.05, 4.69) is 11.4 Å². The summed E-state index contributed by atoms with van der Waals surface area (Å²) in [5.41, 5.74) is 1.24. The SMILES string of the molecule is CC1CCNC(CC#N)C(=O)N1c1cccc(C#N)c1. The van der Waals surface area contributed by atoms with E-state index in [-0.39, 0.29) is 18.4 Å². The summed E-state index contributed by atoms with van der Waals surface area (Å²) < 4.78 is 0. The summed E-state index contributed by atoms with van der Waals surface area (Å²) >= 11 is 0. The van der Waals surface area contributed by atoms with Gasteiger partial charge in [0.2, 0.25) is 5.91 Å². The minimum absolute atomic E-state index is 0.0348. The fourth-order valence-corrected chi connectivity index (χ4v) is 2.43. The molecule has 2 unspecified atom stereocenters. The van der Waals surface area contributed by atoms with Crippen LogP contribution in [0.25, 0.3) is 0 Å². The van der Waals surface area contributed by atoms with Gasteiger partial charge in [0.1, 0.15) is 6.04 Å². The Labute approximate surface area is 118 Å². The molecule has 5 heteroatoms. The largest absolute Gasteiger partial charge is 0.308 e. The van der Waals surface area contributed by atoms with Gasteiger partial charge in [0.15, 0.2) is 0 Å². The van der Waals surface area contributed by atoms with E-state index in [9.17, 15) is 4.79 Å². The standard InChI is InChI=1S/C15H16N4O/c1-11-6-8-18-14(5-7-16)15(20)19(11)13-4-2-3-12(9-13)10-17/h2-4,9,11,14,18H,5-6,8H2,1H3. The molecular formula is C15H16N4O. The van der Waals surface area contributed by atoms with Gasteiger partial charge in [-0.1, -0.05) is 6.07 Å². The highest BCUT2D eigenvalue weighted by Crippen LogP contribution is 2.23. The van der Waals surface area contributed by atoms with Gasteiger partial charge in [-0.05, 0) is 38.1 Å². The van der Waals surface area contributed by atoms with Crippen molar-refractivity contribution in [2.24, 2.45) is 0 Å². The molecule has 1 aromatic rings. The second kappa shape index (κ2) is 6.18. The highest BCUT2D eigenvalue weighted by atomic mass is 16.2. The van der Waals surface area contributed by atoms with Crippen LogP contribution in [0.5, 0.6) is 0 Å². The number of carbonyl (C=O) groups is 1. The number of benzene rings is 1. The average molecular weight is 268 g/mol. The normalized spacial score (nSPS) is 22.8. The third kappa shape index (κ3) is 2.79. The third-order valence-corrected chi connectivity index (χ3v) is 3.48. The molecule has 5 nitrogen and oxygen atoms in total. The maximum Gasteiger partial charge on any atom is 0.245 e. The summed E-state index contributed by atoms with van der Waals surface area (Å²) in [6.07, 6.45) is 0.963. The van der Waals surface area contributed by atoms with Gasteiger partial charge in [-0.3, -0.25) is 4.79 Å². The maximum absolute atomic E-state index is 12.6. The van der Waals surface area contributed by atoms with Crippen LogP contribution in [-0.4, -0.2) is 24.5 Å². The molecule has 1 fully saturated rings. The summed E-state index contributed by atoms with van der Waals surface area (Å²) in [6, 6.07) is 10.7. The number of rotatable bonds is 2. The van der Waals surface area contributed by atoms with Gasteiger partial charge in [0.05, 0.1) is 24.1 Å². The molecule has 0 bridgehead atoms. The maximum atomic E-state index is 12.6. The Balaban J connectivity index is 2.37. The Morgan fingerprint density at radius 2 is 2.25 bits per heavy atom. The Morgan fingerprint density at radius 3 is 2.95 bits per heavy atom. The first-order valence-corrected chi connectivity index (χ1v) is 6.61. The monoisotopic (exact) mass is 268 g/mol. The fourth-order valence-electron chi connectivity index (χ4n) is 2.43. The molecule has 0 spiro atoms. The number of nitriles is 2. The zero-order valence-electron chi connectivity index (χ0n) is 11.3. The van der Waals surface area contributed by atoms with Gasteiger partial charge in [0.25, 0.3) is 0 Å². The highest BCUT2D eigenvalue weighted by Gasteiger charge is 2.31. The lowest BCUT2D eigenvalue weighted by atomic mass is 10.1. The number of nitrogens with one attached hydrogen (secondary N) is 1. The van der Waals surface area contributed by atoms with Crippen LogP contribution in [0.3, 0.4) is 0 Å². The predicted octanol–water partition coefficient (Wildman–Crippen LogP) is 1.56. The van der Waals surface area contributed by atoms with Crippen molar-refractivity contribution in [2.75, 3.05) is 11.4 Å². The van der Waals surface area contributed by atoms with Crippen LogP contribution in [0.15, 0.2) is 24.3 Å². The van der Waals surface area contributed by atoms with Gasteiger partial charge < -0.3 is 10.2 Å². The second-order valence-corrected chi connectivity index (χ2v) is 4.88. The topological polar surface area (TPSA) is 79.9 Å². The van der Waals surface area contributed by atoms with Crippen molar-refractivity contribution in [3.8, 4) is 12.1 Å². The zero-order valence-corrected chi connectivity index (χ0v) is 11.3. The molecule has 2 rings (SSSR count). The average Bonchev–Trinajstić information content (AvgIpc) is 2.59. The molecule has 1 saturated heterocycles. The first-order valence-electron chi connectivity index (χ1n) is 6.61. The van der Waals surface area contributed by atoms with Crippen molar-refractivity contribution in [2.45, 2.75) is 31.8 Å². The van der Waals surface area contributed by atoms with Gasteiger partial charge in [-0.15, -0.1) is 0 Å². The summed E-state index contributed by atoms with van der Waals surface area (Å²) in [5, 5.41) is 20.9. The van der Waals surface area contributed by atoms with Crippen molar-refractivity contribution >= 4 is 11.6 Å². The highest BCUT2D eigenvalue weighted by molar-refractivity contribution is 5.98. The predicted molar refractivity (Wildman–Crippen MR) is 74.7 cm³/mol. The van der Waals surface area contributed by atoms with Crippen LogP contribution < -0.4 is 10.2 Å². The molecule has 1 aliphatic heterocycles. The number of anilines is 1. The fraction of sp³-hybridized carbons (Fsp3) is 0.400. The molecular weight excluding hydrogens is 252 g/mol. The number of amides is 1. The Kier molecular flexibility index (Phi) is 4.34. The van der Waals surface area contributed by atoms with Crippen LogP contribution in [0.4, 0.5) is 5.69 Å². The lowest BCUT2D eigenvalue weighted by molar-refractivity contribution is -0.120. The van der Waals surface area contributed by atoms with Crippen molar-refractivity contribution in [1.29, 1.82) is 10.5 Å². The Hall–Kier alpha value is -2.37. The molecule has 1 aliphatic rings. The molecule has 1 N–H and O–H groups in total. The molecule has 0 saturated carbocycles. The molecule has 1 heterocycles. The van der Waals surface area contributed by atoms with E-state index in [1.165, 1.54) is 0 Å². The summed E-state index contributed by atoms with van der Waals surface area (Å²) in [4.78, 5) is 14.3. The summed E-state index contributed by atoms with van der Waals surface area (Å²) in [7, 11) is 0. The van der Waals surface area contributed by atoms with Gasteiger partial charge in [-0.25, -0.2) is 0 Å². The first-order chi connectivity index (χ1) is 9.67. The number of carbonyl (C=O) groups excluding carboxylic acids is 1. The minimum Gasteiger partial charge on any atom is -0.308 e. The van der Waals surface area contributed by atoms with E-state index >= 15 is 0 Å². The van der Waals surface area contributed by atoms with Gasteiger partial charge in [0, 0.05) is 11.7 Å². The molecule has 1 aromatic carbocycles. The zero-order chi connectivity index (χ0) is 14.5. The van der Waals surface area contributed by atoms with E-state index < -0.39 is 6.04 Å². The van der Waals surface area contributed by atoms with E-state index in [0.717, 1.165) is 6.42 Å². The van der Waals surface area contributed by atoms with Crippen LogP contribution in [0, 0.1) is 22.7 Å². The van der Waals surface area contributed by atoms with Crippen molar-refractivity contribution in [3.63, 3.8) is 0 Å². The Morgan fingerprint density at radius 1 is 1.45 bits per heavy atom. The van der Waals surface area contributed by atoms with Gasteiger partial charge >= 0.3 is 0 Å². The first kappa shape index (κ1) is 14.0. The molecule has 0 radical (unpaired) electrons. The van der Waals surface area contributed by atoms with Crippen molar-refractivity contribution < 1.29 is 4.79 Å². The van der Waals surface area contributed by atoms with E-state index in [1.54, 1.807) is 23.1 Å². The third-order valence-electron chi connectivity index (χ3n) is 3.48. The van der Waals surface area contributed by atoms with E-state index in [0.29, 0.717) is 17.8 Å². The van der Waals surface area contributed by atoms with E-state index in [4.69, 9.17) is 10.5 Å². The second-order valence-electron chi connectivity index (χ2n) is 4.88. The quantitative estimate of drug-likeness (QED) is 0.882. The molecule has 2 atom stereocenters. The number of hydrogen-bond acceptors (Lipinski definition) is 4. The lowest BCUT2D eigenvalue weighted by Gasteiger charge is -2.29. The van der Waals surface area contributed by atoms with Crippen LogP contribution in [0.1, 0.15) is 25.3 Å². The molecule has 1 amide bonds. The van der Waals surface area contributed by atoms with E-state index in [1.807, 2.05) is 19.1 Å². The summed E-state index contributed by atoms with van der Waals surface area (Å²) in [5.74, 6) is -0.105. The smallest absolute Gasteiger partial charge is 0.245 e. The molecule has 102 valence electrons. The molecule has 0 aromatic heterocycles. The van der Waals surface area contributed by atoms with Crippen LogP contribution in [0.2, 0.25) is 0 Å². The van der Waals surface area contributed by atoms with Crippen LogP contribution in [-0.2, 0) is 4.79 Å². The lowest BCUT2D eigenvalue weighted by Crippen LogP contribution is -2.46.